The van der Waals surface area contributed by atoms with Crippen molar-refractivity contribution in [3.63, 3.8) is 0 Å². The van der Waals surface area contributed by atoms with Crippen molar-refractivity contribution in [3.05, 3.63) is 29.8 Å². The third kappa shape index (κ3) is 7.29. The number of carbonyl (C=O) groups excluding carboxylic acids is 2. The van der Waals surface area contributed by atoms with Gasteiger partial charge in [-0.05, 0) is 49.8 Å². The van der Waals surface area contributed by atoms with Crippen LogP contribution in [0.5, 0.6) is 0 Å². The fourth-order valence-electron chi connectivity index (χ4n) is 3.81. The number of carbonyl (C=O) groups is 2. The first-order chi connectivity index (χ1) is 14.9. The molecule has 2 fully saturated rings. The number of nitrogens with zero attached hydrogens (tertiary/aromatic N) is 1. The first kappa shape index (κ1) is 23.7. The van der Waals surface area contributed by atoms with Gasteiger partial charge in [0, 0.05) is 32.7 Å². The van der Waals surface area contributed by atoms with E-state index in [9.17, 15) is 18.0 Å². The van der Waals surface area contributed by atoms with E-state index in [2.05, 4.69) is 5.32 Å². The Morgan fingerprint density at radius 2 is 1.77 bits per heavy atom. The van der Waals surface area contributed by atoms with E-state index in [-0.39, 0.29) is 29.9 Å². The second-order valence-electron chi connectivity index (χ2n) is 8.06. The number of ether oxygens (including phenoxy) is 2. The van der Waals surface area contributed by atoms with Crippen molar-refractivity contribution in [2.45, 2.75) is 62.4 Å². The Bertz CT molecular complexity index is 826. The minimum absolute atomic E-state index is 0.0470. The Hall–Kier alpha value is -1.97. The molecule has 0 aliphatic carbocycles. The molecule has 1 unspecified atom stereocenters. The highest BCUT2D eigenvalue weighted by Gasteiger charge is 2.25. The van der Waals surface area contributed by atoms with Crippen LogP contribution in [0.25, 0.3) is 0 Å². The summed E-state index contributed by atoms with van der Waals surface area (Å²) in [6.07, 6.45) is 6.44. The first-order valence-electron chi connectivity index (χ1n) is 11.1. The molecular weight excluding hydrogens is 420 g/mol. The van der Waals surface area contributed by atoms with Gasteiger partial charge in [0.2, 0.25) is 10.0 Å². The highest BCUT2D eigenvalue weighted by molar-refractivity contribution is 7.89. The zero-order valence-electron chi connectivity index (χ0n) is 17.9. The number of nitrogens with one attached hydrogen (secondary N) is 1. The summed E-state index contributed by atoms with van der Waals surface area (Å²) < 4.78 is 37.6. The highest BCUT2D eigenvalue weighted by atomic mass is 32.2. The van der Waals surface area contributed by atoms with Crippen LogP contribution in [0.1, 0.15) is 50.5 Å². The van der Waals surface area contributed by atoms with Crippen molar-refractivity contribution >= 4 is 21.9 Å². The zero-order valence-corrected chi connectivity index (χ0v) is 18.7. The van der Waals surface area contributed by atoms with Crippen LogP contribution < -0.4 is 5.32 Å². The fraction of sp³-hybridized carbons (Fsp3) is 0.636. The van der Waals surface area contributed by atoms with E-state index in [1.54, 1.807) is 28.6 Å². The van der Waals surface area contributed by atoms with Crippen molar-refractivity contribution in [2.75, 3.05) is 32.8 Å². The quantitative estimate of drug-likeness (QED) is 0.575. The Balaban J connectivity index is 1.40. The van der Waals surface area contributed by atoms with Gasteiger partial charge in [-0.15, -0.1) is 0 Å². The molecule has 9 heteroatoms. The number of amides is 1. The normalized spacial score (nSPS) is 20.2. The summed E-state index contributed by atoms with van der Waals surface area (Å²) >= 11 is 0. The molecule has 1 aromatic rings. The molecule has 0 radical (unpaired) electrons. The third-order valence-corrected chi connectivity index (χ3v) is 7.57. The summed E-state index contributed by atoms with van der Waals surface area (Å²) in [5.41, 5.74) is 0.842. The molecule has 1 aromatic carbocycles. The molecule has 2 saturated heterocycles. The second-order valence-corrected chi connectivity index (χ2v) is 10.00. The Labute approximate surface area is 184 Å². The number of rotatable bonds is 9. The summed E-state index contributed by atoms with van der Waals surface area (Å²) in [4.78, 5) is 24.0. The number of sulfonamides is 1. The van der Waals surface area contributed by atoms with E-state index in [1.807, 2.05) is 0 Å². The van der Waals surface area contributed by atoms with Gasteiger partial charge in [-0.2, -0.15) is 4.31 Å². The molecule has 0 aromatic heterocycles. The van der Waals surface area contributed by atoms with Crippen LogP contribution in [0, 0.1) is 0 Å². The lowest BCUT2D eigenvalue weighted by molar-refractivity contribution is -0.148. The third-order valence-electron chi connectivity index (χ3n) is 5.66. The smallest absolute Gasteiger partial charge is 0.306 e. The van der Waals surface area contributed by atoms with Gasteiger partial charge in [0.05, 0.1) is 11.0 Å². The molecule has 0 saturated carbocycles. The van der Waals surface area contributed by atoms with E-state index >= 15 is 0 Å². The average molecular weight is 453 g/mol. The van der Waals surface area contributed by atoms with E-state index in [0.29, 0.717) is 26.1 Å². The summed E-state index contributed by atoms with van der Waals surface area (Å²) in [7, 11) is -3.48. The Morgan fingerprint density at radius 1 is 1.06 bits per heavy atom. The summed E-state index contributed by atoms with van der Waals surface area (Å²) in [5.74, 6) is -0.805. The van der Waals surface area contributed by atoms with Crippen molar-refractivity contribution in [1.29, 1.82) is 0 Å². The van der Waals surface area contributed by atoms with Gasteiger partial charge < -0.3 is 14.8 Å². The van der Waals surface area contributed by atoms with Crippen molar-refractivity contribution < 1.29 is 27.5 Å². The highest BCUT2D eigenvalue weighted by Crippen LogP contribution is 2.21. The standard InChI is InChI=1S/C22H32N2O6S/c25-21(23-16-19-6-5-15-29-19)17-30-22(26)12-9-18-7-10-20(11-8-18)31(27,28)24-13-3-1-2-4-14-24/h7-8,10-11,19H,1-6,9,12-17H2,(H,23,25). The van der Waals surface area contributed by atoms with Crippen LogP contribution in [0.3, 0.4) is 0 Å². The van der Waals surface area contributed by atoms with E-state index in [0.717, 1.165) is 50.7 Å². The number of aryl methyl sites for hydroxylation is 1. The molecule has 3 rings (SSSR count). The molecule has 1 N–H and O–H groups in total. The molecule has 0 bridgehead atoms. The second kappa shape index (κ2) is 11.6. The predicted molar refractivity (Wildman–Crippen MR) is 115 cm³/mol. The van der Waals surface area contributed by atoms with E-state index < -0.39 is 16.0 Å². The largest absolute Gasteiger partial charge is 0.456 e. The van der Waals surface area contributed by atoms with Gasteiger partial charge in [-0.3, -0.25) is 9.59 Å². The van der Waals surface area contributed by atoms with Gasteiger partial charge in [-0.25, -0.2) is 8.42 Å². The SMILES string of the molecule is O=C(COC(=O)CCc1ccc(S(=O)(=O)N2CCCCCC2)cc1)NCC1CCCO1. The molecule has 1 atom stereocenters. The monoisotopic (exact) mass is 452 g/mol. The summed E-state index contributed by atoms with van der Waals surface area (Å²) in [5, 5.41) is 2.70. The van der Waals surface area contributed by atoms with Crippen molar-refractivity contribution in [3.8, 4) is 0 Å². The lowest BCUT2D eigenvalue weighted by Gasteiger charge is -2.20. The molecule has 8 nitrogen and oxygen atoms in total. The summed E-state index contributed by atoms with van der Waals surface area (Å²) in [6.45, 7) is 1.98. The lowest BCUT2D eigenvalue weighted by atomic mass is 10.1. The van der Waals surface area contributed by atoms with Crippen LogP contribution in [0.2, 0.25) is 0 Å². The van der Waals surface area contributed by atoms with Crippen LogP contribution >= 0.6 is 0 Å². The molecule has 1 amide bonds. The Kier molecular flexibility index (Phi) is 8.86. The van der Waals surface area contributed by atoms with Crippen LogP contribution in [0.15, 0.2) is 29.2 Å². The predicted octanol–water partition coefficient (Wildman–Crippen LogP) is 2.02. The number of hydrogen-bond donors (Lipinski definition) is 1. The molecule has 2 heterocycles. The fourth-order valence-corrected chi connectivity index (χ4v) is 5.32. The van der Waals surface area contributed by atoms with Crippen molar-refractivity contribution in [1.82, 2.24) is 9.62 Å². The topological polar surface area (TPSA) is 102 Å². The number of benzene rings is 1. The maximum Gasteiger partial charge on any atom is 0.306 e. The average Bonchev–Trinajstić information content (AvgIpc) is 3.14. The molecule has 2 aliphatic rings. The first-order valence-corrected chi connectivity index (χ1v) is 12.5. The van der Waals surface area contributed by atoms with Crippen molar-refractivity contribution in [2.24, 2.45) is 0 Å². The molecular formula is C22H32N2O6S. The molecule has 31 heavy (non-hydrogen) atoms. The van der Waals surface area contributed by atoms with Gasteiger partial charge >= 0.3 is 5.97 Å². The molecule has 2 aliphatic heterocycles. The van der Waals surface area contributed by atoms with Crippen LogP contribution in [-0.4, -0.2) is 63.6 Å². The number of esters is 1. The van der Waals surface area contributed by atoms with E-state index in [1.165, 1.54) is 0 Å². The maximum absolute atomic E-state index is 12.8. The Morgan fingerprint density at radius 3 is 2.42 bits per heavy atom. The molecule has 172 valence electrons. The van der Waals surface area contributed by atoms with Gasteiger partial charge in [-0.1, -0.05) is 25.0 Å². The van der Waals surface area contributed by atoms with Gasteiger partial charge in [0.25, 0.3) is 5.91 Å². The maximum atomic E-state index is 12.8. The van der Waals surface area contributed by atoms with Crippen LogP contribution in [-0.2, 0) is 35.5 Å². The summed E-state index contributed by atoms with van der Waals surface area (Å²) in [6, 6.07) is 6.65. The van der Waals surface area contributed by atoms with Gasteiger partial charge in [0.1, 0.15) is 0 Å². The molecule has 0 spiro atoms. The minimum atomic E-state index is -3.48. The van der Waals surface area contributed by atoms with E-state index in [4.69, 9.17) is 9.47 Å². The minimum Gasteiger partial charge on any atom is -0.456 e. The van der Waals surface area contributed by atoms with Crippen LogP contribution in [0.4, 0.5) is 0 Å². The lowest BCUT2D eigenvalue weighted by Crippen LogP contribution is -2.34. The zero-order chi connectivity index (χ0) is 22.1. The number of hydrogen-bond acceptors (Lipinski definition) is 6. The van der Waals surface area contributed by atoms with Gasteiger partial charge in [0.15, 0.2) is 6.61 Å².